The van der Waals surface area contributed by atoms with E-state index in [4.69, 9.17) is 0 Å². The van der Waals surface area contributed by atoms with Gasteiger partial charge in [0.2, 0.25) is 0 Å². The second kappa shape index (κ2) is 4.63. The maximum Gasteiger partial charge on any atom is 0.164 e. The molecule has 1 aromatic heterocycles. The molecule has 1 unspecified atom stereocenters. The number of nitrogens with zero attached hydrogens (tertiary/aromatic N) is 2. The summed E-state index contributed by atoms with van der Waals surface area (Å²) in [6.07, 6.45) is 0.783. The van der Waals surface area contributed by atoms with Crippen LogP contribution >= 0.6 is 0 Å². The van der Waals surface area contributed by atoms with Crippen LogP contribution in [0.4, 0.5) is 8.78 Å². The molecule has 90 valence electrons. The zero-order valence-corrected chi connectivity index (χ0v) is 9.27. The summed E-state index contributed by atoms with van der Waals surface area (Å²) in [6, 6.07) is 5.48. The Bertz CT molecular complexity index is 525. The van der Waals surface area contributed by atoms with Gasteiger partial charge in [-0.2, -0.15) is 5.10 Å². The number of aliphatic hydroxyl groups excluding tert-OH is 1. The Labute approximate surface area is 97.3 Å². The van der Waals surface area contributed by atoms with Gasteiger partial charge in [0.15, 0.2) is 11.6 Å². The van der Waals surface area contributed by atoms with Crippen LogP contribution in [0.5, 0.6) is 0 Å². The molecule has 1 aromatic carbocycles. The van der Waals surface area contributed by atoms with Crippen molar-refractivity contribution in [2.45, 2.75) is 12.5 Å². The summed E-state index contributed by atoms with van der Waals surface area (Å²) in [5, 5.41) is 13.9. The minimum atomic E-state index is -1.10. The Morgan fingerprint density at radius 2 is 2.12 bits per heavy atom. The molecule has 0 radical (unpaired) electrons. The number of aryl methyl sites for hydroxylation is 1. The van der Waals surface area contributed by atoms with Gasteiger partial charge >= 0.3 is 0 Å². The van der Waals surface area contributed by atoms with E-state index in [2.05, 4.69) is 5.10 Å². The lowest BCUT2D eigenvalue weighted by molar-refractivity contribution is 0.171. The molecule has 1 atom stereocenters. The van der Waals surface area contributed by atoms with Crippen molar-refractivity contribution in [1.29, 1.82) is 0 Å². The fourth-order valence-corrected chi connectivity index (χ4v) is 1.66. The van der Waals surface area contributed by atoms with Gasteiger partial charge in [-0.1, -0.05) is 12.1 Å². The summed E-state index contributed by atoms with van der Waals surface area (Å²) in [4.78, 5) is 0. The lowest BCUT2D eigenvalue weighted by Gasteiger charge is -2.10. The molecule has 0 amide bonds. The zero-order chi connectivity index (χ0) is 12.4. The second-order valence-electron chi connectivity index (χ2n) is 3.84. The molecular weight excluding hydrogens is 226 g/mol. The highest BCUT2D eigenvalue weighted by molar-refractivity contribution is 5.22. The minimum absolute atomic E-state index is 0.0457. The van der Waals surface area contributed by atoms with Crippen LogP contribution in [0.15, 0.2) is 30.5 Å². The van der Waals surface area contributed by atoms with E-state index in [9.17, 15) is 13.9 Å². The number of aliphatic hydroxyl groups is 1. The molecule has 0 saturated heterocycles. The second-order valence-corrected chi connectivity index (χ2v) is 3.84. The fraction of sp³-hybridized carbons (Fsp3) is 0.250. The van der Waals surface area contributed by atoms with E-state index >= 15 is 0 Å². The molecular formula is C12H12F2N2O. The summed E-state index contributed by atoms with van der Waals surface area (Å²) in [5.74, 6) is -1.96. The van der Waals surface area contributed by atoms with Crippen LogP contribution < -0.4 is 0 Å². The van der Waals surface area contributed by atoms with Crippen LogP contribution in [0.25, 0.3) is 0 Å². The lowest BCUT2D eigenvalue weighted by atomic mass is 10.0. The smallest absolute Gasteiger partial charge is 0.164 e. The first kappa shape index (κ1) is 11.7. The van der Waals surface area contributed by atoms with Crippen LogP contribution in [0.1, 0.15) is 17.4 Å². The monoisotopic (exact) mass is 238 g/mol. The fourth-order valence-electron chi connectivity index (χ4n) is 1.66. The molecule has 0 bridgehead atoms. The third-order valence-electron chi connectivity index (χ3n) is 2.51. The lowest BCUT2D eigenvalue weighted by Crippen LogP contribution is -2.06. The molecule has 5 heteroatoms. The van der Waals surface area contributed by atoms with E-state index in [0.717, 1.165) is 6.07 Å². The highest BCUT2D eigenvalue weighted by atomic mass is 19.2. The largest absolute Gasteiger partial charge is 0.388 e. The third kappa shape index (κ3) is 2.50. The van der Waals surface area contributed by atoms with Gasteiger partial charge in [0.05, 0.1) is 11.8 Å². The molecule has 0 saturated carbocycles. The summed E-state index contributed by atoms with van der Waals surface area (Å²) >= 11 is 0. The highest BCUT2D eigenvalue weighted by Crippen LogP contribution is 2.22. The van der Waals surface area contributed by atoms with Crippen molar-refractivity contribution in [1.82, 2.24) is 9.78 Å². The van der Waals surface area contributed by atoms with Crippen molar-refractivity contribution in [3.05, 3.63) is 53.4 Å². The molecule has 3 nitrogen and oxygen atoms in total. The molecule has 0 fully saturated rings. The van der Waals surface area contributed by atoms with Crippen LogP contribution in [-0.4, -0.2) is 14.9 Å². The predicted molar refractivity (Wildman–Crippen MR) is 58.2 cm³/mol. The molecule has 1 N–H and O–H groups in total. The first-order valence-corrected chi connectivity index (χ1v) is 5.18. The van der Waals surface area contributed by atoms with Crippen molar-refractivity contribution in [3.8, 4) is 0 Å². The van der Waals surface area contributed by atoms with E-state index in [1.165, 1.54) is 12.1 Å². The average molecular weight is 238 g/mol. The van der Waals surface area contributed by atoms with Crippen molar-refractivity contribution < 1.29 is 13.9 Å². The third-order valence-corrected chi connectivity index (χ3v) is 2.51. The molecule has 17 heavy (non-hydrogen) atoms. The zero-order valence-electron chi connectivity index (χ0n) is 9.27. The minimum Gasteiger partial charge on any atom is -0.388 e. The standard InChI is InChI=1S/C12H12F2N2O/c1-16-6-5-8(15-16)7-11(17)9-3-2-4-10(13)12(9)14/h2-6,11,17H,7H2,1H3. The Balaban J connectivity index is 2.20. The maximum atomic E-state index is 13.4. The molecule has 2 aromatic rings. The highest BCUT2D eigenvalue weighted by Gasteiger charge is 2.17. The SMILES string of the molecule is Cn1ccc(CC(O)c2cccc(F)c2F)n1. The Hall–Kier alpha value is -1.75. The topological polar surface area (TPSA) is 38.0 Å². The number of hydrogen-bond acceptors (Lipinski definition) is 2. The summed E-state index contributed by atoms with van der Waals surface area (Å²) in [6.45, 7) is 0. The molecule has 0 aliphatic heterocycles. The quantitative estimate of drug-likeness (QED) is 0.887. The number of aromatic nitrogens is 2. The van der Waals surface area contributed by atoms with E-state index < -0.39 is 17.7 Å². The van der Waals surface area contributed by atoms with Gasteiger partial charge in [-0.15, -0.1) is 0 Å². The number of halogens is 2. The summed E-state index contributed by atoms with van der Waals surface area (Å²) < 4.78 is 28.0. The first-order chi connectivity index (χ1) is 8.08. The Morgan fingerprint density at radius 3 is 2.76 bits per heavy atom. The average Bonchev–Trinajstić information content (AvgIpc) is 2.68. The molecule has 0 aliphatic carbocycles. The van der Waals surface area contributed by atoms with Gasteiger partial charge in [-0.25, -0.2) is 8.78 Å². The van der Waals surface area contributed by atoms with Crippen LogP contribution in [-0.2, 0) is 13.5 Å². The van der Waals surface area contributed by atoms with E-state index in [0.29, 0.717) is 5.69 Å². The van der Waals surface area contributed by atoms with Gasteiger partial charge < -0.3 is 5.11 Å². The Morgan fingerprint density at radius 1 is 1.35 bits per heavy atom. The van der Waals surface area contributed by atoms with Crippen molar-refractivity contribution in [3.63, 3.8) is 0 Å². The molecule has 0 spiro atoms. The van der Waals surface area contributed by atoms with Gasteiger partial charge in [0.1, 0.15) is 0 Å². The maximum absolute atomic E-state index is 13.4. The van der Waals surface area contributed by atoms with Crippen LogP contribution in [0.2, 0.25) is 0 Å². The molecule has 0 aliphatic rings. The van der Waals surface area contributed by atoms with Crippen LogP contribution in [0.3, 0.4) is 0 Å². The summed E-state index contributed by atoms with van der Waals surface area (Å²) in [5.41, 5.74) is 0.583. The number of hydrogen-bond donors (Lipinski definition) is 1. The van der Waals surface area contributed by atoms with Gasteiger partial charge in [0, 0.05) is 25.2 Å². The van der Waals surface area contributed by atoms with Gasteiger partial charge in [0.25, 0.3) is 0 Å². The van der Waals surface area contributed by atoms with Crippen LogP contribution in [0, 0.1) is 11.6 Å². The van der Waals surface area contributed by atoms with Gasteiger partial charge in [-0.05, 0) is 12.1 Å². The van der Waals surface area contributed by atoms with E-state index in [1.807, 2.05) is 0 Å². The molecule has 1 heterocycles. The summed E-state index contributed by atoms with van der Waals surface area (Å²) in [7, 11) is 1.75. The first-order valence-electron chi connectivity index (χ1n) is 5.18. The van der Waals surface area contributed by atoms with Crippen molar-refractivity contribution in [2.24, 2.45) is 7.05 Å². The van der Waals surface area contributed by atoms with Crippen molar-refractivity contribution >= 4 is 0 Å². The number of benzene rings is 1. The predicted octanol–water partition coefficient (Wildman–Crippen LogP) is 1.97. The van der Waals surface area contributed by atoms with E-state index in [1.54, 1.807) is 24.0 Å². The normalized spacial score (nSPS) is 12.7. The number of rotatable bonds is 3. The Kier molecular flexibility index (Phi) is 3.19. The van der Waals surface area contributed by atoms with Gasteiger partial charge in [-0.3, -0.25) is 4.68 Å². The molecule has 2 rings (SSSR count). The van der Waals surface area contributed by atoms with Crippen molar-refractivity contribution in [2.75, 3.05) is 0 Å². The van der Waals surface area contributed by atoms with E-state index in [-0.39, 0.29) is 12.0 Å².